The van der Waals surface area contributed by atoms with E-state index in [0.717, 1.165) is 6.07 Å². The molecular weight excluding hydrogens is 263 g/mol. The molecule has 1 aromatic carbocycles. The summed E-state index contributed by atoms with van der Waals surface area (Å²) in [5.41, 5.74) is 3.20. The van der Waals surface area contributed by atoms with Crippen LogP contribution in [0.5, 0.6) is 0 Å². The number of hydrogen-bond donors (Lipinski definition) is 2. The van der Waals surface area contributed by atoms with Gasteiger partial charge in [0.1, 0.15) is 24.0 Å². The third-order valence-corrected chi connectivity index (χ3v) is 3.41. The average Bonchev–Trinajstić information content (AvgIpc) is 2.77. The van der Waals surface area contributed by atoms with E-state index in [0.29, 0.717) is 10.7 Å². The van der Waals surface area contributed by atoms with Crippen LogP contribution < -0.4 is 10.7 Å². The van der Waals surface area contributed by atoms with E-state index in [4.69, 9.17) is 12.2 Å². The second kappa shape index (κ2) is 4.10. The first-order valence-corrected chi connectivity index (χ1v) is 5.91. The van der Waals surface area contributed by atoms with E-state index in [1.54, 1.807) is 5.01 Å². The molecule has 0 bridgehead atoms. The minimum Gasteiger partial charge on any atom is -0.342 e. The molecule has 3 nitrogen and oxygen atoms in total. The number of thiocarbonyl (C=S) groups is 1. The SMILES string of the molecule is Fc1cc(F)cc([C@@H]2C[C@H](F)C3NC(=S)NN32)c1. The Morgan fingerprint density at radius 2 is 1.89 bits per heavy atom. The summed E-state index contributed by atoms with van der Waals surface area (Å²) in [5.74, 6) is -1.34. The molecule has 0 saturated carbocycles. The monoisotopic (exact) mass is 273 g/mol. The number of nitrogens with one attached hydrogen (secondary N) is 2. The fraction of sp³-hybridized carbons (Fsp3) is 0.364. The lowest BCUT2D eigenvalue weighted by atomic mass is 10.0. The fourth-order valence-electron chi connectivity index (χ4n) is 2.48. The summed E-state index contributed by atoms with van der Waals surface area (Å²) in [7, 11) is 0. The molecule has 96 valence electrons. The summed E-state index contributed by atoms with van der Waals surface area (Å²) in [6, 6.07) is 2.78. The van der Waals surface area contributed by atoms with Crippen molar-refractivity contribution in [1.29, 1.82) is 0 Å². The second-order valence-electron chi connectivity index (χ2n) is 4.41. The van der Waals surface area contributed by atoms with Gasteiger partial charge in [-0.05, 0) is 29.9 Å². The lowest BCUT2D eigenvalue weighted by Crippen LogP contribution is -2.39. The van der Waals surface area contributed by atoms with Crippen LogP contribution in [-0.2, 0) is 0 Å². The van der Waals surface area contributed by atoms with Gasteiger partial charge in [0.15, 0.2) is 5.11 Å². The van der Waals surface area contributed by atoms with Crippen molar-refractivity contribution < 1.29 is 13.2 Å². The highest BCUT2D eigenvalue weighted by Crippen LogP contribution is 2.37. The van der Waals surface area contributed by atoms with Crippen LogP contribution in [0.1, 0.15) is 18.0 Å². The smallest absolute Gasteiger partial charge is 0.182 e. The maximum atomic E-state index is 13.8. The van der Waals surface area contributed by atoms with E-state index < -0.39 is 30.0 Å². The molecule has 2 heterocycles. The molecule has 0 aliphatic carbocycles. The van der Waals surface area contributed by atoms with Crippen molar-refractivity contribution >= 4 is 17.3 Å². The van der Waals surface area contributed by atoms with E-state index >= 15 is 0 Å². The highest BCUT2D eigenvalue weighted by molar-refractivity contribution is 7.80. The number of hydrazine groups is 1. The number of alkyl halides is 1. The first kappa shape index (κ1) is 11.7. The number of rotatable bonds is 1. The molecule has 2 fully saturated rings. The minimum atomic E-state index is -1.14. The van der Waals surface area contributed by atoms with Gasteiger partial charge in [-0.25, -0.2) is 13.2 Å². The van der Waals surface area contributed by atoms with Crippen molar-refractivity contribution in [2.45, 2.75) is 24.8 Å². The molecule has 1 unspecified atom stereocenters. The van der Waals surface area contributed by atoms with Crippen LogP contribution >= 0.6 is 12.2 Å². The Bertz CT molecular complexity index is 490. The summed E-state index contributed by atoms with van der Waals surface area (Å²) in [6.45, 7) is 0. The zero-order valence-electron chi connectivity index (χ0n) is 9.16. The topological polar surface area (TPSA) is 27.3 Å². The number of halogens is 3. The van der Waals surface area contributed by atoms with Crippen LogP contribution in [0, 0.1) is 11.6 Å². The van der Waals surface area contributed by atoms with Gasteiger partial charge in [-0.3, -0.25) is 5.43 Å². The van der Waals surface area contributed by atoms with E-state index in [2.05, 4.69) is 10.7 Å². The molecule has 0 radical (unpaired) electrons. The van der Waals surface area contributed by atoms with Crippen molar-refractivity contribution in [3.8, 4) is 0 Å². The maximum Gasteiger partial charge on any atom is 0.182 e. The highest BCUT2D eigenvalue weighted by Gasteiger charge is 2.46. The van der Waals surface area contributed by atoms with Gasteiger partial charge in [0.2, 0.25) is 0 Å². The van der Waals surface area contributed by atoms with E-state index in [9.17, 15) is 13.2 Å². The molecule has 0 aromatic heterocycles. The minimum absolute atomic E-state index is 0.163. The van der Waals surface area contributed by atoms with Crippen molar-refractivity contribution in [3.63, 3.8) is 0 Å². The number of nitrogens with zero attached hydrogens (tertiary/aromatic N) is 1. The second-order valence-corrected chi connectivity index (χ2v) is 4.82. The van der Waals surface area contributed by atoms with Crippen LogP contribution in [0.15, 0.2) is 18.2 Å². The van der Waals surface area contributed by atoms with Crippen molar-refractivity contribution in [2.75, 3.05) is 0 Å². The molecule has 3 rings (SSSR count). The van der Waals surface area contributed by atoms with Gasteiger partial charge in [-0.1, -0.05) is 0 Å². The zero-order chi connectivity index (χ0) is 12.9. The molecule has 0 amide bonds. The normalized spacial score (nSPS) is 31.1. The van der Waals surface area contributed by atoms with Gasteiger partial charge < -0.3 is 5.32 Å². The van der Waals surface area contributed by atoms with Gasteiger partial charge in [0.05, 0.1) is 6.04 Å². The molecule has 18 heavy (non-hydrogen) atoms. The summed E-state index contributed by atoms with van der Waals surface area (Å²) >= 11 is 4.90. The van der Waals surface area contributed by atoms with Crippen LogP contribution in [0.25, 0.3) is 0 Å². The lowest BCUT2D eigenvalue weighted by molar-refractivity contribution is 0.156. The molecule has 3 atom stereocenters. The van der Waals surface area contributed by atoms with Crippen LogP contribution in [-0.4, -0.2) is 22.5 Å². The first-order chi connectivity index (χ1) is 8.54. The number of fused-ring (bicyclic) bond motifs is 1. The van der Waals surface area contributed by atoms with E-state index in [-0.39, 0.29) is 6.42 Å². The molecule has 1 aromatic rings. The predicted octanol–water partition coefficient (Wildman–Crippen LogP) is 1.77. The number of hydrogen-bond acceptors (Lipinski definition) is 2. The Hall–Kier alpha value is -1.34. The molecule has 0 spiro atoms. The van der Waals surface area contributed by atoms with Gasteiger partial charge in [0, 0.05) is 12.5 Å². The third kappa shape index (κ3) is 1.83. The van der Waals surface area contributed by atoms with Crippen molar-refractivity contribution in [1.82, 2.24) is 15.8 Å². The largest absolute Gasteiger partial charge is 0.342 e. The lowest BCUT2D eigenvalue weighted by Gasteiger charge is -2.22. The summed E-state index contributed by atoms with van der Waals surface area (Å²) < 4.78 is 40.2. The molecule has 2 saturated heterocycles. The molecule has 2 aliphatic heterocycles. The van der Waals surface area contributed by atoms with Crippen LogP contribution in [0.4, 0.5) is 13.2 Å². The highest BCUT2D eigenvalue weighted by atomic mass is 32.1. The van der Waals surface area contributed by atoms with Gasteiger partial charge in [-0.15, -0.1) is 0 Å². The summed E-state index contributed by atoms with van der Waals surface area (Å²) in [4.78, 5) is 0. The Morgan fingerprint density at radius 3 is 2.56 bits per heavy atom. The van der Waals surface area contributed by atoms with E-state index in [1.807, 2.05) is 0 Å². The average molecular weight is 273 g/mol. The Kier molecular flexibility index (Phi) is 2.67. The molecule has 2 aliphatic rings. The van der Waals surface area contributed by atoms with E-state index in [1.165, 1.54) is 12.1 Å². The number of benzene rings is 1. The zero-order valence-corrected chi connectivity index (χ0v) is 9.98. The summed E-state index contributed by atoms with van der Waals surface area (Å²) in [5, 5.41) is 4.67. The Labute approximate surface area is 107 Å². The maximum absolute atomic E-state index is 13.8. The quantitative estimate of drug-likeness (QED) is 0.763. The van der Waals surface area contributed by atoms with Gasteiger partial charge >= 0.3 is 0 Å². The van der Waals surface area contributed by atoms with Crippen LogP contribution in [0.2, 0.25) is 0 Å². The molecular formula is C11H10F3N3S. The third-order valence-electron chi connectivity index (χ3n) is 3.21. The molecule has 2 N–H and O–H groups in total. The molecule has 7 heteroatoms. The predicted molar refractivity (Wildman–Crippen MR) is 63.1 cm³/mol. The Morgan fingerprint density at radius 1 is 1.22 bits per heavy atom. The Balaban J connectivity index is 1.94. The van der Waals surface area contributed by atoms with Crippen molar-refractivity contribution in [3.05, 3.63) is 35.4 Å². The fourth-order valence-corrected chi connectivity index (χ4v) is 2.71. The van der Waals surface area contributed by atoms with Crippen molar-refractivity contribution in [2.24, 2.45) is 0 Å². The van der Waals surface area contributed by atoms with Gasteiger partial charge in [0.25, 0.3) is 0 Å². The standard InChI is InChI=1S/C11H10F3N3S/c12-6-1-5(2-7(13)3-6)9-4-8(14)10-15-11(18)16-17(9)10/h1-3,8-10H,4H2,(H2,15,16,18)/t8-,9-,10?/m0/s1. The first-order valence-electron chi connectivity index (χ1n) is 5.50. The van der Waals surface area contributed by atoms with Crippen LogP contribution in [0.3, 0.4) is 0 Å². The summed E-state index contributed by atoms with van der Waals surface area (Å²) in [6.07, 6.45) is -1.56. The van der Waals surface area contributed by atoms with Gasteiger partial charge in [-0.2, -0.15) is 5.01 Å².